The van der Waals surface area contributed by atoms with E-state index in [1.54, 1.807) is 0 Å². The summed E-state index contributed by atoms with van der Waals surface area (Å²) < 4.78 is 21.6. The fraction of sp³-hybridized carbons (Fsp3) is 0.333. The van der Waals surface area contributed by atoms with Crippen LogP contribution in [-0.2, 0) is 0 Å². The normalized spacial score (nSPS) is 14.0. The summed E-state index contributed by atoms with van der Waals surface area (Å²) in [6, 6.07) is 0. The molecule has 0 saturated heterocycles. The van der Waals surface area contributed by atoms with Crippen LogP contribution in [0.25, 0.3) is 0 Å². The molecule has 0 fully saturated rings. The highest BCUT2D eigenvalue weighted by molar-refractivity contribution is 9.11. The first-order valence-corrected chi connectivity index (χ1v) is 2.11. The minimum atomic E-state index is -0.928. The molecule has 0 aliphatic heterocycles. The van der Waals surface area contributed by atoms with Gasteiger partial charge in [-0.25, -0.2) is 4.39 Å². The van der Waals surface area contributed by atoms with E-state index in [0.29, 0.717) is 0 Å². The van der Waals surface area contributed by atoms with Crippen LogP contribution < -0.4 is 0 Å². The highest BCUT2D eigenvalue weighted by atomic mass is 79.9. The molecule has 3 heteroatoms. The standard InChI is InChI=1S/C3H3BrF2/c1-2(5)3(4)6/h1H3/b3-2+. The number of allylic oxidation sites excluding steroid dienone is 1. The van der Waals surface area contributed by atoms with Crippen molar-refractivity contribution >= 4 is 15.9 Å². The Morgan fingerprint density at radius 3 is 1.67 bits per heavy atom. The molecule has 0 atom stereocenters. The van der Waals surface area contributed by atoms with E-state index in [1.165, 1.54) is 0 Å². The van der Waals surface area contributed by atoms with Crippen LogP contribution in [-0.4, -0.2) is 0 Å². The number of rotatable bonds is 0. The van der Waals surface area contributed by atoms with Crippen molar-refractivity contribution in [3.63, 3.8) is 0 Å². The van der Waals surface area contributed by atoms with Crippen molar-refractivity contribution in [2.45, 2.75) is 6.92 Å². The van der Waals surface area contributed by atoms with Crippen LogP contribution in [0.15, 0.2) is 10.6 Å². The molecule has 0 N–H and O–H groups in total. The monoisotopic (exact) mass is 156 g/mol. The fourth-order valence-corrected chi connectivity index (χ4v) is 0. The maximum absolute atomic E-state index is 11.3. The molecule has 0 aromatic carbocycles. The summed E-state index contributed by atoms with van der Waals surface area (Å²) in [5.41, 5.74) is 0. The first kappa shape index (κ1) is 6.08. The SMILES string of the molecule is C/C(F)=C(\F)Br. The second-order valence-corrected chi connectivity index (χ2v) is 1.49. The second-order valence-electron chi connectivity index (χ2n) is 0.794. The van der Waals surface area contributed by atoms with E-state index < -0.39 is 10.6 Å². The number of hydrogen-bond donors (Lipinski definition) is 0. The Labute approximate surface area is 43.0 Å². The van der Waals surface area contributed by atoms with E-state index in [2.05, 4.69) is 15.9 Å². The van der Waals surface area contributed by atoms with Gasteiger partial charge in [-0.15, -0.1) is 0 Å². The van der Waals surface area contributed by atoms with Crippen molar-refractivity contribution in [2.75, 3.05) is 0 Å². The Hall–Kier alpha value is 0.0800. The van der Waals surface area contributed by atoms with Crippen LogP contribution in [0.1, 0.15) is 6.92 Å². The van der Waals surface area contributed by atoms with E-state index in [0.717, 1.165) is 6.92 Å². The molecule has 0 amide bonds. The summed E-state index contributed by atoms with van der Waals surface area (Å²) in [5, 5.41) is 0. The zero-order chi connectivity index (χ0) is 5.15. The van der Waals surface area contributed by atoms with Gasteiger partial charge in [-0.2, -0.15) is 4.39 Å². The Balaban J connectivity index is 3.68. The van der Waals surface area contributed by atoms with Crippen LogP contribution in [0.3, 0.4) is 0 Å². The summed E-state index contributed by atoms with van der Waals surface area (Å²) >= 11 is 2.28. The predicted molar refractivity (Wildman–Crippen MR) is 23.8 cm³/mol. The lowest BCUT2D eigenvalue weighted by molar-refractivity contribution is 0.577. The van der Waals surface area contributed by atoms with E-state index in [-0.39, 0.29) is 0 Å². The molecule has 0 radical (unpaired) electrons. The van der Waals surface area contributed by atoms with Crippen molar-refractivity contribution in [3.8, 4) is 0 Å². The molecule has 0 saturated carbocycles. The Bertz CT molecular complexity index is 58.9. The van der Waals surface area contributed by atoms with Crippen molar-refractivity contribution in [1.29, 1.82) is 0 Å². The molecule has 0 aliphatic carbocycles. The summed E-state index contributed by atoms with van der Waals surface area (Å²) in [6.45, 7) is 1.03. The molecule has 0 aromatic heterocycles. The van der Waals surface area contributed by atoms with Crippen LogP contribution >= 0.6 is 15.9 Å². The average molecular weight is 157 g/mol. The van der Waals surface area contributed by atoms with Gasteiger partial charge in [0.05, 0.1) is 0 Å². The highest BCUT2D eigenvalue weighted by Gasteiger charge is 1.89. The third-order valence-electron chi connectivity index (χ3n) is 0.260. The average Bonchev–Trinajstić information content (AvgIpc) is 1.36. The Morgan fingerprint density at radius 1 is 1.50 bits per heavy atom. The third-order valence-corrected chi connectivity index (χ3v) is 0.807. The molecular weight excluding hydrogens is 154 g/mol. The quantitative estimate of drug-likeness (QED) is 0.506. The van der Waals surface area contributed by atoms with E-state index in [4.69, 9.17) is 0 Å². The van der Waals surface area contributed by atoms with Gasteiger partial charge >= 0.3 is 0 Å². The lowest BCUT2D eigenvalue weighted by Gasteiger charge is -1.76. The summed E-state index contributed by atoms with van der Waals surface area (Å²) in [4.78, 5) is 0. The van der Waals surface area contributed by atoms with Crippen LogP contribution in [0.5, 0.6) is 0 Å². The van der Waals surface area contributed by atoms with E-state index in [9.17, 15) is 8.78 Å². The van der Waals surface area contributed by atoms with Gasteiger partial charge in [-0.3, -0.25) is 0 Å². The van der Waals surface area contributed by atoms with E-state index >= 15 is 0 Å². The lowest BCUT2D eigenvalue weighted by atomic mass is 10.7. The topological polar surface area (TPSA) is 0 Å². The van der Waals surface area contributed by atoms with Gasteiger partial charge < -0.3 is 0 Å². The van der Waals surface area contributed by atoms with Crippen molar-refractivity contribution in [3.05, 3.63) is 10.6 Å². The molecule has 0 nitrogen and oxygen atoms in total. The Kier molecular flexibility index (Phi) is 2.32. The van der Waals surface area contributed by atoms with Crippen molar-refractivity contribution < 1.29 is 8.78 Å². The Morgan fingerprint density at radius 2 is 1.67 bits per heavy atom. The number of halogens is 3. The third kappa shape index (κ3) is 2.33. The van der Waals surface area contributed by atoms with Gasteiger partial charge in [0.1, 0.15) is 5.83 Å². The maximum Gasteiger partial charge on any atom is 0.196 e. The van der Waals surface area contributed by atoms with Gasteiger partial charge in [0.25, 0.3) is 0 Å². The zero-order valence-corrected chi connectivity index (χ0v) is 4.72. The number of hydrogen-bond acceptors (Lipinski definition) is 0. The predicted octanol–water partition coefficient (Wildman–Crippen LogP) is 2.51. The zero-order valence-electron chi connectivity index (χ0n) is 3.13. The summed E-state index contributed by atoms with van der Waals surface area (Å²) in [5.74, 6) is -0.824. The molecule has 0 bridgehead atoms. The van der Waals surface area contributed by atoms with Crippen LogP contribution in [0.4, 0.5) is 8.78 Å². The van der Waals surface area contributed by atoms with Gasteiger partial charge in [0, 0.05) is 0 Å². The van der Waals surface area contributed by atoms with Crippen molar-refractivity contribution in [1.82, 2.24) is 0 Å². The molecule has 0 unspecified atom stereocenters. The first-order valence-electron chi connectivity index (χ1n) is 1.32. The molecule has 0 spiro atoms. The van der Waals surface area contributed by atoms with Crippen LogP contribution in [0.2, 0.25) is 0 Å². The smallest absolute Gasteiger partial charge is 0.196 e. The van der Waals surface area contributed by atoms with Gasteiger partial charge in [0.15, 0.2) is 4.74 Å². The van der Waals surface area contributed by atoms with Crippen molar-refractivity contribution in [2.24, 2.45) is 0 Å². The summed E-state index contributed by atoms with van der Waals surface area (Å²) in [6.07, 6.45) is 0. The lowest BCUT2D eigenvalue weighted by Crippen LogP contribution is -1.56. The first-order chi connectivity index (χ1) is 2.64. The molecule has 0 heterocycles. The summed E-state index contributed by atoms with van der Waals surface area (Å²) in [7, 11) is 0. The molecule has 0 aromatic rings. The minimum Gasteiger partial charge on any atom is -0.208 e. The van der Waals surface area contributed by atoms with Gasteiger partial charge in [-0.1, -0.05) is 0 Å². The van der Waals surface area contributed by atoms with Gasteiger partial charge in [0.2, 0.25) is 0 Å². The second kappa shape index (κ2) is 2.29. The minimum absolute atomic E-state index is 0.824. The van der Waals surface area contributed by atoms with E-state index in [1.807, 2.05) is 0 Å². The molecule has 0 rings (SSSR count). The van der Waals surface area contributed by atoms with Gasteiger partial charge in [-0.05, 0) is 22.9 Å². The van der Waals surface area contributed by atoms with Crippen LogP contribution in [0, 0.1) is 0 Å². The molecule has 0 aliphatic rings. The highest BCUT2D eigenvalue weighted by Crippen LogP contribution is 2.12. The maximum atomic E-state index is 11.3. The fourth-order valence-electron chi connectivity index (χ4n) is 0. The molecular formula is C3H3BrF2. The molecule has 6 heavy (non-hydrogen) atoms. The largest absolute Gasteiger partial charge is 0.208 e. The molecule has 36 valence electrons.